The number of unbranched alkanes of at least 4 members (excludes halogenated alkanes) is 6. The topological polar surface area (TPSA) is 25.8 Å². The number of thiophene rings is 2. The standard InChI is InChI=1S/C24H28Br2N2S4/c1-3-5-7-9-11-15-13-17(25)29-19(15)21-27-23-24(31-21)28-22(32-23)20-16(14-18(26)30-20)12-10-8-6-4-2/h13-14H,3-12H2,1-2H3. The van der Waals surface area contributed by atoms with Gasteiger partial charge in [0.2, 0.25) is 0 Å². The Morgan fingerprint density at radius 3 is 1.47 bits per heavy atom. The number of thiazole rings is 2. The van der Waals surface area contributed by atoms with Crippen LogP contribution in [0.1, 0.15) is 76.3 Å². The fraction of sp³-hybridized carbons (Fsp3) is 0.500. The SMILES string of the molecule is CCCCCCc1cc(Br)sc1-c1nc2sc(-c3sc(Br)cc3CCCCCC)nc2s1. The molecule has 0 N–H and O–H groups in total. The van der Waals surface area contributed by atoms with Crippen LogP contribution < -0.4 is 0 Å². The summed E-state index contributed by atoms with van der Waals surface area (Å²) in [6, 6.07) is 4.57. The summed E-state index contributed by atoms with van der Waals surface area (Å²) in [5.74, 6) is 0. The molecule has 32 heavy (non-hydrogen) atoms. The molecule has 4 rings (SSSR count). The van der Waals surface area contributed by atoms with Crippen molar-refractivity contribution in [2.75, 3.05) is 0 Å². The maximum absolute atomic E-state index is 5.03. The average Bonchev–Trinajstić information content (AvgIpc) is 3.50. The van der Waals surface area contributed by atoms with E-state index in [0.29, 0.717) is 0 Å². The molecule has 172 valence electrons. The number of hydrogen-bond donors (Lipinski definition) is 0. The Hall–Kier alpha value is -0.120. The highest BCUT2D eigenvalue weighted by atomic mass is 79.9. The number of hydrogen-bond acceptors (Lipinski definition) is 6. The molecule has 0 saturated heterocycles. The Balaban J connectivity index is 1.54. The van der Waals surface area contributed by atoms with E-state index in [2.05, 4.69) is 57.8 Å². The zero-order valence-electron chi connectivity index (χ0n) is 18.5. The molecule has 0 radical (unpaired) electrons. The summed E-state index contributed by atoms with van der Waals surface area (Å²) in [5, 5.41) is 2.25. The first-order valence-electron chi connectivity index (χ1n) is 11.4. The van der Waals surface area contributed by atoms with Gasteiger partial charge in [0, 0.05) is 0 Å². The van der Waals surface area contributed by atoms with Crippen LogP contribution in [0.5, 0.6) is 0 Å². The Bertz CT molecular complexity index is 1040. The van der Waals surface area contributed by atoms with Gasteiger partial charge in [0.1, 0.15) is 10.0 Å². The Morgan fingerprint density at radius 1 is 0.625 bits per heavy atom. The van der Waals surface area contributed by atoms with Crippen molar-refractivity contribution in [2.24, 2.45) is 0 Å². The maximum Gasteiger partial charge on any atom is 0.155 e. The van der Waals surface area contributed by atoms with Gasteiger partial charge in [-0.05, 0) is 80.8 Å². The van der Waals surface area contributed by atoms with E-state index in [1.165, 1.54) is 79.8 Å². The fourth-order valence-electron chi connectivity index (χ4n) is 3.84. The predicted molar refractivity (Wildman–Crippen MR) is 153 cm³/mol. The highest BCUT2D eigenvalue weighted by Crippen LogP contribution is 2.44. The van der Waals surface area contributed by atoms with E-state index in [0.717, 1.165) is 32.5 Å². The van der Waals surface area contributed by atoms with Crippen LogP contribution in [0.25, 0.3) is 29.4 Å². The number of aryl methyl sites for hydroxylation is 2. The second-order valence-electron chi connectivity index (χ2n) is 8.08. The van der Waals surface area contributed by atoms with Gasteiger partial charge < -0.3 is 0 Å². The Labute approximate surface area is 223 Å². The fourth-order valence-corrected chi connectivity index (χ4v) is 9.50. The number of halogens is 2. The molecule has 0 fully saturated rings. The summed E-state index contributed by atoms with van der Waals surface area (Å²) in [5.41, 5.74) is 2.85. The van der Waals surface area contributed by atoms with E-state index in [-0.39, 0.29) is 0 Å². The molecule has 0 aromatic carbocycles. The molecule has 4 aromatic heterocycles. The van der Waals surface area contributed by atoms with Crippen LogP contribution >= 0.6 is 77.2 Å². The third kappa shape index (κ3) is 6.11. The predicted octanol–water partition coefficient (Wildman–Crippen LogP) is 11.0. The highest BCUT2D eigenvalue weighted by molar-refractivity contribution is 9.11. The lowest BCUT2D eigenvalue weighted by Crippen LogP contribution is -1.86. The maximum atomic E-state index is 5.03. The van der Waals surface area contributed by atoms with Crippen LogP contribution in [-0.4, -0.2) is 9.97 Å². The summed E-state index contributed by atoms with van der Waals surface area (Å²) >= 11 is 14.5. The van der Waals surface area contributed by atoms with Crippen LogP contribution in [0.3, 0.4) is 0 Å². The zero-order valence-corrected chi connectivity index (χ0v) is 24.9. The lowest BCUT2D eigenvalue weighted by Gasteiger charge is -2.01. The summed E-state index contributed by atoms with van der Waals surface area (Å²) in [7, 11) is 0. The first-order chi connectivity index (χ1) is 15.6. The van der Waals surface area contributed by atoms with Crippen molar-refractivity contribution in [1.82, 2.24) is 9.97 Å². The van der Waals surface area contributed by atoms with Crippen molar-refractivity contribution in [3.8, 4) is 19.8 Å². The van der Waals surface area contributed by atoms with Crippen LogP contribution in [0, 0.1) is 0 Å². The van der Waals surface area contributed by atoms with Gasteiger partial charge in [0.15, 0.2) is 9.66 Å². The molecule has 8 heteroatoms. The van der Waals surface area contributed by atoms with Crippen LogP contribution in [-0.2, 0) is 12.8 Å². The number of rotatable bonds is 12. The van der Waals surface area contributed by atoms with E-state index in [9.17, 15) is 0 Å². The van der Waals surface area contributed by atoms with Crippen molar-refractivity contribution in [1.29, 1.82) is 0 Å². The molecule has 0 unspecified atom stereocenters. The lowest BCUT2D eigenvalue weighted by molar-refractivity contribution is 0.668. The molecule has 0 atom stereocenters. The lowest BCUT2D eigenvalue weighted by atomic mass is 10.1. The van der Waals surface area contributed by atoms with Crippen molar-refractivity contribution in [3.05, 3.63) is 30.8 Å². The largest absolute Gasteiger partial charge is 0.222 e. The average molecular weight is 633 g/mol. The van der Waals surface area contributed by atoms with Gasteiger partial charge in [0.05, 0.1) is 17.3 Å². The molecule has 0 spiro atoms. The van der Waals surface area contributed by atoms with Gasteiger partial charge in [-0.25, -0.2) is 9.97 Å². The zero-order chi connectivity index (χ0) is 22.5. The summed E-state index contributed by atoms with van der Waals surface area (Å²) < 4.78 is 2.39. The molecular formula is C24H28Br2N2S4. The number of nitrogens with zero attached hydrogens (tertiary/aromatic N) is 2. The first-order valence-corrected chi connectivity index (χ1v) is 16.3. The summed E-state index contributed by atoms with van der Waals surface area (Å²) in [6.07, 6.45) is 12.6. The molecule has 4 heterocycles. The number of aromatic nitrogens is 2. The van der Waals surface area contributed by atoms with Gasteiger partial charge in [-0.1, -0.05) is 75.0 Å². The minimum absolute atomic E-state index is 1.07. The molecule has 0 bridgehead atoms. The van der Waals surface area contributed by atoms with E-state index in [1.807, 2.05) is 0 Å². The highest BCUT2D eigenvalue weighted by Gasteiger charge is 2.19. The normalized spacial score (nSPS) is 11.8. The van der Waals surface area contributed by atoms with Crippen molar-refractivity contribution in [3.63, 3.8) is 0 Å². The molecule has 2 nitrogen and oxygen atoms in total. The van der Waals surface area contributed by atoms with E-state index < -0.39 is 0 Å². The van der Waals surface area contributed by atoms with Gasteiger partial charge in [-0.15, -0.1) is 22.7 Å². The molecule has 0 aliphatic carbocycles. The molecule has 0 aliphatic rings. The van der Waals surface area contributed by atoms with Crippen LogP contribution in [0.15, 0.2) is 19.7 Å². The summed E-state index contributed by atoms with van der Waals surface area (Å²) in [4.78, 5) is 14.8. The van der Waals surface area contributed by atoms with E-state index >= 15 is 0 Å². The second kappa shape index (κ2) is 12.0. The van der Waals surface area contributed by atoms with Crippen molar-refractivity contribution < 1.29 is 0 Å². The van der Waals surface area contributed by atoms with Crippen molar-refractivity contribution in [2.45, 2.75) is 78.1 Å². The van der Waals surface area contributed by atoms with Crippen LogP contribution in [0.2, 0.25) is 0 Å². The minimum Gasteiger partial charge on any atom is -0.222 e. The van der Waals surface area contributed by atoms with Gasteiger partial charge in [-0.3, -0.25) is 0 Å². The Kier molecular flexibility index (Phi) is 9.39. The van der Waals surface area contributed by atoms with Crippen molar-refractivity contribution >= 4 is 86.9 Å². The summed E-state index contributed by atoms with van der Waals surface area (Å²) in [6.45, 7) is 4.53. The van der Waals surface area contributed by atoms with Crippen LogP contribution in [0.4, 0.5) is 0 Å². The van der Waals surface area contributed by atoms with Gasteiger partial charge in [0.25, 0.3) is 0 Å². The molecule has 0 aliphatic heterocycles. The second-order valence-corrected chi connectivity index (χ2v) is 14.9. The quantitative estimate of drug-likeness (QED) is 0.145. The third-order valence-corrected chi connectivity index (χ3v) is 11.2. The van der Waals surface area contributed by atoms with Gasteiger partial charge >= 0.3 is 0 Å². The molecule has 4 aromatic rings. The first kappa shape index (κ1) is 25.0. The van der Waals surface area contributed by atoms with E-state index in [4.69, 9.17) is 9.97 Å². The van der Waals surface area contributed by atoms with E-state index in [1.54, 1.807) is 45.3 Å². The third-order valence-electron chi connectivity index (χ3n) is 5.52. The van der Waals surface area contributed by atoms with Gasteiger partial charge in [-0.2, -0.15) is 0 Å². The Morgan fingerprint density at radius 2 is 1.06 bits per heavy atom. The minimum atomic E-state index is 1.07. The molecule has 0 saturated carbocycles. The molecule has 0 amide bonds. The number of fused-ring (bicyclic) bond motifs is 1. The monoisotopic (exact) mass is 630 g/mol. The molecular weight excluding hydrogens is 604 g/mol. The smallest absolute Gasteiger partial charge is 0.155 e.